The average Bonchev–Trinajstić information content (AvgIpc) is 3.09. The van der Waals surface area contributed by atoms with Crippen LogP contribution in [0.4, 0.5) is 4.39 Å². The molecule has 0 saturated carbocycles. The largest absolute Gasteiger partial charge is 0.356 e. The molecule has 0 atom stereocenters. The molecule has 1 amide bonds. The molecular weight excluding hydrogens is 395 g/mol. The lowest BCUT2D eigenvalue weighted by Crippen LogP contribution is -2.42. The highest BCUT2D eigenvalue weighted by Gasteiger charge is 2.08. The van der Waals surface area contributed by atoms with Crippen LogP contribution in [0.2, 0.25) is 0 Å². The topological polar surface area (TPSA) is 83.3 Å². The second kappa shape index (κ2) is 10.6. The van der Waals surface area contributed by atoms with Crippen LogP contribution in [-0.2, 0) is 6.54 Å². The zero-order valence-corrected chi connectivity index (χ0v) is 18.2. The number of hydrogen-bond donors (Lipinski definition) is 3. The van der Waals surface area contributed by atoms with E-state index in [-0.39, 0.29) is 11.7 Å². The minimum absolute atomic E-state index is 0.299. The number of halogens is 1. The maximum atomic E-state index is 13.6. The molecule has 31 heavy (non-hydrogen) atoms. The first-order chi connectivity index (χ1) is 15.0. The molecule has 2 aromatic carbocycles. The minimum atomic E-state index is -0.380. The molecule has 0 radical (unpaired) electrons. The molecule has 3 N–H and O–H groups in total. The standard InChI is InChI=1S/C23H29FN6O/c1-16-9-10-18(15-19(16)24)22(31)26-12-13-28-23(25-3)27-11-6-14-30-17(2)29-20-7-4-5-8-21(20)30/h4-5,7-10,15H,6,11-14H2,1-3H3,(H,26,31)(H2,25,27,28). The molecule has 0 unspecified atom stereocenters. The maximum Gasteiger partial charge on any atom is 0.251 e. The van der Waals surface area contributed by atoms with Gasteiger partial charge in [-0.2, -0.15) is 0 Å². The first-order valence-corrected chi connectivity index (χ1v) is 10.4. The van der Waals surface area contributed by atoms with Crippen molar-refractivity contribution in [1.29, 1.82) is 0 Å². The fourth-order valence-electron chi connectivity index (χ4n) is 3.34. The third-order valence-corrected chi connectivity index (χ3v) is 5.06. The molecule has 8 heteroatoms. The number of imidazole rings is 1. The van der Waals surface area contributed by atoms with Crippen LogP contribution in [-0.4, -0.2) is 48.1 Å². The number of guanidine groups is 1. The Labute approximate surface area is 181 Å². The van der Waals surface area contributed by atoms with Crippen molar-refractivity contribution >= 4 is 22.9 Å². The Morgan fingerprint density at radius 1 is 1.06 bits per heavy atom. The SMILES string of the molecule is CN=C(NCCCn1c(C)nc2ccccc21)NCCNC(=O)c1ccc(C)c(F)c1. The normalized spacial score (nSPS) is 11.5. The highest BCUT2D eigenvalue weighted by molar-refractivity contribution is 5.94. The van der Waals surface area contributed by atoms with E-state index in [0.29, 0.717) is 30.2 Å². The number of nitrogens with zero attached hydrogens (tertiary/aromatic N) is 3. The van der Waals surface area contributed by atoms with E-state index in [2.05, 4.69) is 36.6 Å². The Kier molecular flexibility index (Phi) is 7.59. The first-order valence-electron chi connectivity index (χ1n) is 10.4. The second-order valence-electron chi connectivity index (χ2n) is 7.30. The van der Waals surface area contributed by atoms with Gasteiger partial charge in [0.1, 0.15) is 11.6 Å². The van der Waals surface area contributed by atoms with Gasteiger partial charge in [-0.15, -0.1) is 0 Å². The summed E-state index contributed by atoms with van der Waals surface area (Å²) < 4.78 is 15.8. The van der Waals surface area contributed by atoms with Crippen LogP contribution < -0.4 is 16.0 Å². The molecule has 164 valence electrons. The zero-order valence-electron chi connectivity index (χ0n) is 18.2. The third kappa shape index (κ3) is 5.81. The summed E-state index contributed by atoms with van der Waals surface area (Å²) in [5.41, 5.74) is 2.99. The van der Waals surface area contributed by atoms with Crippen molar-refractivity contribution in [2.75, 3.05) is 26.7 Å². The number of benzene rings is 2. The van der Waals surface area contributed by atoms with Crippen LogP contribution in [0.3, 0.4) is 0 Å². The molecule has 0 bridgehead atoms. The molecule has 0 aliphatic carbocycles. The van der Waals surface area contributed by atoms with Crippen molar-refractivity contribution in [2.45, 2.75) is 26.8 Å². The van der Waals surface area contributed by atoms with E-state index in [1.54, 1.807) is 26.1 Å². The van der Waals surface area contributed by atoms with E-state index in [1.807, 2.05) is 25.1 Å². The van der Waals surface area contributed by atoms with Gasteiger partial charge in [0.15, 0.2) is 5.96 Å². The van der Waals surface area contributed by atoms with Crippen molar-refractivity contribution in [3.8, 4) is 0 Å². The molecule has 1 heterocycles. The van der Waals surface area contributed by atoms with Gasteiger partial charge in [-0.25, -0.2) is 9.37 Å². The number of nitrogens with one attached hydrogen (secondary N) is 3. The summed E-state index contributed by atoms with van der Waals surface area (Å²) in [6, 6.07) is 12.6. The third-order valence-electron chi connectivity index (χ3n) is 5.06. The smallest absolute Gasteiger partial charge is 0.251 e. The molecule has 3 rings (SSSR count). The van der Waals surface area contributed by atoms with Gasteiger partial charge in [-0.05, 0) is 50.1 Å². The summed E-state index contributed by atoms with van der Waals surface area (Å²) in [6.07, 6.45) is 0.914. The number of rotatable bonds is 8. The molecule has 0 aliphatic rings. The van der Waals surface area contributed by atoms with E-state index in [0.717, 1.165) is 36.4 Å². The van der Waals surface area contributed by atoms with Gasteiger partial charge in [0.2, 0.25) is 0 Å². The number of aromatic nitrogens is 2. The Balaban J connectivity index is 1.37. The molecule has 0 fully saturated rings. The zero-order chi connectivity index (χ0) is 22.2. The van der Waals surface area contributed by atoms with Crippen molar-refractivity contribution in [3.05, 3.63) is 65.2 Å². The molecule has 7 nitrogen and oxygen atoms in total. The van der Waals surface area contributed by atoms with Gasteiger partial charge in [0.25, 0.3) is 5.91 Å². The molecule has 0 aliphatic heterocycles. The predicted molar refractivity (Wildman–Crippen MR) is 122 cm³/mol. The average molecular weight is 425 g/mol. The Bertz CT molecular complexity index is 1080. The first kappa shape index (κ1) is 22.3. The predicted octanol–water partition coefficient (Wildman–Crippen LogP) is 2.78. The number of hydrogen-bond acceptors (Lipinski definition) is 3. The summed E-state index contributed by atoms with van der Waals surface area (Å²) >= 11 is 0. The molecule has 0 saturated heterocycles. The number of aryl methyl sites for hydroxylation is 3. The van der Waals surface area contributed by atoms with Gasteiger partial charge >= 0.3 is 0 Å². The van der Waals surface area contributed by atoms with Crippen LogP contribution >= 0.6 is 0 Å². The van der Waals surface area contributed by atoms with Gasteiger partial charge in [-0.1, -0.05) is 18.2 Å². The number of fused-ring (bicyclic) bond motifs is 1. The summed E-state index contributed by atoms with van der Waals surface area (Å²) in [7, 11) is 1.70. The Morgan fingerprint density at radius 3 is 2.58 bits per heavy atom. The monoisotopic (exact) mass is 424 g/mol. The van der Waals surface area contributed by atoms with Crippen molar-refractivity contribution < 1.29 is 9.18 Å². The maximum absolute atomic E-state index is 13.6. The molecule has 1 aromatic heterocycles. The quantitative estimate of drug-likeness (QED) is 0.295. The minimum Gasteiger partial charge on any atom is -0.356 e. The molecule has 3 aromatic rings. The molecular formula is C23H29FN6O. The van der Waals surface area contributed by atoms with E-state index in [4.69, 9.17) is 0 Å². The van der Waals surface area contributed by atoms with Crippen LogP contribution in [0.15, 0.2) is 47.5 Å². The highest BCUT2D eigenvalue weighted by atomic mass is 19.1. The van der Waals surface area contributed by atoms with Crippen molar-refractivity contribution in [1.82, 2.24) is 25.5 Å². The van der Waals surface area contributed by atoms with Crippen LogP contribution in [0.1, 0.15) is 28.2 Å². The number of amides is 1. The molecule has 0 spiro atoms. The Morgan fingerprint density at radius 2 is 1.81 bits per heavy atom. The van der Waals surface area contributed by atoms with E-state index < -0.39 is 0 Å². The van der Waals surface area contributed by atoms with E-state index >= 15 is 0 Å². The van der Waals surface area contributed by atoms with Crippen molar-refractivity contribution in [2.24, 2.45) is 4.99 Å². The summed E-state index contributed by atoms with van der Waals surface area (Å²) in [4.78, 5) is 20.9. The van der Waals surface area contributed by atoms with Gasteiger partial charge in [0, 0.05) is 38.8 Å². The lowest BCUT2D eigenvalue weighted by molar-refractivity contribution is 0.0954. The lowest BCUT2D eigenvalue weighted by Gasteiger charge is -2.13. The van der Waals surface area contributed by atoms with Gasteiger partial charge in [-0.3, -0.25) is 9.79 Å². The van der Waals surface area contributed by atoms with Crippen LogP contribution in [0, 0.1) is 19.7 Å². The lowest BCUT2D eigenvalue weighted by atomic mass is 10.1. The van der Waals surface area contributed by atoms with E-state index in [9.17, 15) is 9.18 Å². The number of carbonyl (C=O) groups is 1. The number of aliphatic imine (C=N–C) groups is 1. The fraction of sp³-hybridized carbons (Fsp3) is 0.348. The highest BCUT2D eigenvalue weighted by Crippen LogP contribution is 2.15. The number of para-hydroxylation sites is 2. The summed E-state index contributed by atoms with van der Waals surface area (Å²) in [5.74, 6) is 0.997. The Hall–Kier alpha value is -3.42. The van der Waals surface area contributed by atoms with Gasteiger partial charge < -0.3 is 20.5 Å². The van der Waals surface area contributed by atoms with Crippen LogP contribution in [0.5, 0.6) is 0 Å². The fourth-order valence-corrected chi connectivity index (χ4v) is 3.34. The number of carbonyl (C=O) groups excluding carboxylic acids is 1. The summed E-state index contributed by atoms with van der Waals surface area (Å²) in [6.45, 7) is 6.20. The van der Waals surface area contributed by atoms with E-state index in [1.165, 1.54) is 6.07 Å². The second-order valence-corrected chi connectivity index (χ2v) is 7.30. The van der Waals surface area contributed by atoms with Gasteiger partial charge in [0.05, 0.1) is 11.0 Å². The summed E-state index contributed by atoms with van der Waals surface area (Å²) in [5, 5.41) is 9.21. The van der Waals surface area contributed by atoms with Crippen LogP contribution in [0.25, 0.3) is 11.0 Å². The van der Waals surface area contributed by atoms with Crippen molar-refractivity contribution in [3.63, 3.8) is 0 Å².